The van der Waals surface area contributed by atoms with Crippen molar-refractivity contribution in [3.05, 3.63) is 66.6 Å². The summed E-state index contributed by atoms with van der Waals surface area (Å²) in [5.74, 6) is 0.757. The van der Waals surface area contributed by atoms with E-state index in [1.165, 1.54) is 17.8 Å². The molecule has 0 aliphatic carbocycles. The van der Waals surface area contributed by atoms with Gasteiger partial charge in [0.05, 0.1) is 0 Å². The standard InChI is InChI=1S/C20H22FN5/c1-3-26(4-2)18-10-8-16(9-11-18)23-19-12-13-22-20(25-19)24-17-7-5-6-15(21)14-17/h5-14H,3-4H2,1-2H3,(H2,22,23,24,25). The molecule has 3 rings (SSSR count). The van der Waals surface area contributed by atoms with Gasteiger partial charge in [-0.05, 0) is 62.4 Å². The molecule has 0 aliphatic rings. The summed E-state index contributed by atoms with van der Waals surface area (Å²) in [4.78, 5) is 10.9. The number of halogens is 1. The molecular weight excluding hydrogens is 329 g/mol. The molecule has 0 radical (unpaired) electrons. The highest BCUT2D eigenvalue weighted by Crippen LogP contribution is 2.21. The maximum Gasteiger partial charge on any atom is 0.229 e. The number of nitrogens with zero attached hydrogens (tertiary/aromatic N) is 3. The van der Waals surface area contributed by atoms with E-state index >= 15 is 0 Å². The van der Waals surface area contributed by atoms with Gasteiger partial charge in [0.1, 0.15) is 11.6 Å². The lowest BCUT2D eigenvalue weighted by Crippen LogP contribution is -2.21. The first-order chi connectivity index (χ1) is 12.7. The zero-order valence-electron chi connectivity index (χ0n) is 14.9. The van der Waals surface area contributed by atoms with Crippen LogP contribution >= 0.6 is 0 Å². The lowest BCUT2D eigenvalue weighted by Gasteiger charge is -2.21. The molecule has 0 aliphatic heterocycles. The molecule has 0 saturated heterocycles. The van der Waals surface area contributed by atoms with Crippen molar-refractivity contribution in [3.63, 3.8) is 0 Å². The van der Waals surface area contributed by atoms with E-state index in [4.69, 9.17) is 0 Å². The van der Waals surface area contributed by atoms with Crippen LogP contribution in [0.4, 0.5) is 33.2 Å². The van der Waals surface area contributed by atoms with Crippen molar-refractivity contribution < 1.29 is 4.39 Å². The van der Waals surface area contributed by atoms with E-state index in [1.54, 1.807) is 24.4 Å². The lowest BCUT2D eigenvalue weighted by atomic mass is 10.2. The van der Waals surface area contributed by atoms with Gasteiger partial charge in [-0.3, -0.25) is 0 Å². The zero-order chi connectivity index (χ0) is 18.4. The number of rotatable bonds is 7. The van der Waals surface area contributed by atoms with E-state index in [9.17, 15) is 4.39 Å². The number of aromatic nitrogens is 2. The average molecular weight is 351 g/mol. The van der Waals surface area contributed by atoms with Crippen molar-refractivity contribution >= 4 is 28.8 Å². The van der Waals surface area contributed by atoms with Gasteiger partial charge in [0, 0.05) is 36.3 Å². The Morgan fingerprint density at radius 1 is 0.923 bits per heavy atom. The minimum absolute atomic E-state index is 0.308. The van der Waals surface area contributed by atoms with Gasteiger partial charge in [-0.1, -0.05) is 6.07 Å². The normalized spacial score (nSPS) is 10.4. The van der Waals surface area contributed by atoms with Crippen LogP contribution in [0.15, 0.2) is 60.8 Å². The molecule has 0 saturated carbocycles. The van der Waals surface area contributed by atoms with Gasteiger partial charge in [0.2, 0.25) is 5.95 Å². The van der Waals surface area contributed by atoms with Crippen molar-refractivity contribution in [2.45, 2.75) is 13.8 Å². The molecule has 2 N–H and O–H groups in total. The lowest BCUT2D eigenvalue weighted by molar-refractivity contribution is 0.628. The van der Waals surface area contributed by atoms with Gasteiger partial charge < -0.3 is 15.5 Å². The van der Waals surface area contributed by atoms with Gasteiger partial charge in [0.15, 0.2) is 0 Å². The Kier molecular flexibility index (Phi) is 5.63. The van der Waals surface area contributed by atoms with E-state index in [2.05, 4.69) is 51.5 Å². The summed E-state index contributed by atoms with van der Waals surface area (Å²) in [6, 6.07) is 16.2. The molecule has 6 heteroatoms. The molecule has 1 aromatic heterocycles. The van der Waals surface area contributed by atoms with Crippen LogP contribution in [0.25, 0.3) is 0 Å². The predicted molar refractivity (Wildman–Crippen MR) is 105 cm³/mol. The molecule has 0 bridgehead atoms. The second kappa shape index (κ2) is 8.29. The number of nitrogens with one attached hydrogen (secondary N) is 2. The Balaban J connectivity index is 1.70. The highest BCUT2D eigenvalue weighted by Gasteiger charge is 2.04. The molecule has 2 aromatic carbocycles. The Morgan fingerprint density at radius 2 is 1.69 bits per heavy atom. The molecule has 0 spiro atoms. The number of benzene rings is 2. The van der Waals surface area contributed by atoms with E-state index in [-0.39, 0.29) is 5.82 Å². The van der Waals surface area contributed by atoms with Crippen LogP contribution in [0.1, 0.15) is 13.8 Å². The summed E-state index contributed by atoms with van der Waals surface area (Å²) in [6.45, 7) is 6.24. The Morgan fingerprint density at radius 3 is 2.38 bits per heavy atom. The molecular formula is C20H22FN5. The van der Waals surface area contributed by atoms with Crippen molar-refractivity contribution in [3.8, 4) is 0 Å². The fraction of sp³-hybridized carbons (Fsp3) is 0.200. The van der Waals surface area contributed by atoms with E-state index in [0.717, 1.165) is 18.8 Å². The molecule has 0 unspecified atom stereocenters. The monoisotopic (exact) mass is 351 g/mol. The molecule has 3 aromatic rings. The van der Waals surface area contributed by atoms with Crippen LogP contribution in [0.3, 0.4) is 0 Å². The fourth-order valence-electron chi connectivity index (χ4n) is 2.68. The average Bonchev–Trinajstić information content (AvgIpc) is 2.64. The Hall–Kier alpha value is -3.15. The van der Waals surface area contributed by atoms with Gasteiger partial charge in [-0.25, -0.2) is 9.37 Å². The van der Waals surface area contributed by atoms with Crippen molar-refractivity contribution in [1.82, 2.24) is 9.97 Å². The number of anilines is 5. The first kappa shape index (κ1) is 17.7. The topological polar surface area (TPSA) is 53.1 Å². The summed E-state index contributed by atoms with van der Waals surface area (Å²) >= 11 is 0. The first-order valence-corrected chi connectivity index (χ1v) is 8.65. The second-order valence-corrected chi connectivity index (χ2v) is 5.74. The highest BCUT2D eigenvalue weighted by molar-refractivity contribution is 5.62. The van der Waals surface area contributed by atoms with Crippen LogP contribution in [0, 0.1) is 5.82 Å². The Bertz CT molecular complexity index is 847. The minimum atomic E-state index is -0.308. The number of hydrogen-bond acceptors (Lipinski definition) is 5. The molecule has 134 valence electrons. The number of hydrogen-bond donors (Lipinski definition) is 2. The maximum atomic E-state index is 13.3. The molecule has 5 nitrogen and oxygen atoms in total. The molecule has 1 heterocycles. The van der Waals surface area contributed by atoms with Gasteiger partial charge >= 0.3 is 0 Å². The summed E-state index contributed by atoms with van der Waals surface area (Å²) in [7, 11) is 0. The largest absolute Gasteiger partial charge is 0.372 e. The zero-order valence-corrected chi connectivity index (χ0v) is 14.9. The van der Waals surface area contributed by atoms with Crippen LogP contribution < -0.4 is 15.5 Å². The van der Waals surface area contributed by atoms with Crippen LogP contribution in [0.5, 0.6) is 0 Å². The van der Waals surface area contributed by atoms with Gasteiger partial charge in [0.25, 0.3) is 0 Å². The quantitative estimate of drug-likeness (QED) is 0.631. The van der Waals surface area contributed by atoms with E-state index < -0.39 is 0 Å². The van der Waals surface area contributed by atoms with Gasteiger partial charge in [-0.2, -0.15) is 4.98 Å². The summed E-state index contributed by atoms with van der Waals surface area (Å²) in [6.07, 6.45) is 1.65. The SMILES string of the molecule is CCN(CC)c1ccc(Nc2ccnc(Nc3cccc(F)c3)n2)cc1. The summed E-state index contributed by atoms with van der Waals surface area (Å²) < 4.78 is 13.3. The van der Waals surface area contributed by atoms with Crippen molar-refractivity contribution in [1.29, 1.82) is 0 Å². The third-order valence-electron chi connectivity index (χ3n) is 4.00. The minimum Gasteiger partial charge on any atom is -0.372 e. The second-order valence-electron chi connectivity index (χ2n) is 5.74. The summed E-state index contributed by atoms with van der Waals surface area (Å²) in [5, 5.41) is 6.26. The van der Waals surface area contributed by atoms with Crippen LogP contribution in [-0.2, 0) is 0 Å². The van der Waals surface area contributed by atoms with Crippen LogP contribution in [-0.4, -0.2) is 23.1 Å². The Labute approximate surface area is 152 Å². The first-order valence-electron chi connectivity index (χ1n) is 8.65. The maximum absolute atomic E-state index is 13.3. The molecule has 0 atom stereocenters. The highest BCUT2D eigenvalue weighted by atomic mass is 19.1. The predicted octanol–water partition coefficient (Wildman–Crippen LogP) is 4.95. The molecule has 26 heavy (non-hydrogen) atoms. The fourth-order valence-corrected chi connectivity index (χ4v) is 2.68. The molecule has 0 fully saturated rings. The third-order valence-corrected chi connectivity index (χ3v) is 4.00. The van der Waals surface area contributed by atoms with Gasteiger partial charge in [-0.15, -0.1) is 0 Å². The smallest absolute Gasteiger partial charge is 0.229 e. The van der Waals surface area contributed by atoms with Crippen LogP contribution in [0.2, 0.25) is 0 Å². The van der Waals surface area contributed by atoms with Crippen molar-refractivity contribution in [2.24, 2.45) is 0 Å². The van der Waals surface area contributed by atoms with E-state index in [0.29, 0.717) is 17.5 Å². The molecule has 0 amide bonds. The summed E-state index contributed by atoms with van der Waals surface area (Å²) in [5.41, 5.74) is 2.73. The third kappa shape index (κ3) is 4.47. The van der Waals surface area contributed by atoms with E-state index in [1.807, 2.05) is 12.1 Å². The van der Waals surface area contributed by atoms with Crippen molar-refractivity contribution in [2.75, 3.05) is 28.6 Å².